The number of hydrogen-bond donors (Lipinski definition) is 1. The van der Waals surface area contributed by atoms with Gasteiger partial charge in [0.15, 0.2) is 0 Å². The largest absolute Gasteiger partial charge is 0.444 e. The van der Waals surface area contributed by atoms with Crippen molar-refractivity contribution in [3.05, 3.63) is 0 Å². The zero-order valence-electron chi connectivity index (χ0n) is 20.8. The smallest absolute Gasteiger partial charge is 0.410 e. The van der Waals surface area contributed by atoms with Crippen molar-refractivity contribution < 1.29 is 19.1 Å². The predicted octanol–water partition coefficient (Wildman–Crippen LogP) is 2.18. The van der Waals surface area contributed by atoms with Gasteiger partial charge in [-0.05, 0) is 85.5 Å². The van der Waals surface area contributed by atoms with E-state index in [1.807, 2.05) is 39.8 Å². The number of nitrogens with zero attached hydrogens (tertiary/aromatic N) is 3. The van der Waals surface area contributed by atoms with Crippen LogP contribution < -0.4 is 5.32 Å². The Bertz CT molecular complexity index is 632. The monoisotopic (exact) mass is 452 g/mol. The van der Waals surface area contributed by atoms with Gasteiger partial charge in [-0.3, -0.25) is 4.79 Å². The number of carbonyl (C=O) groups excluding carboxylic acids is 2. The van der Waals surface area contributed by atoms with Crippen molar-refractivity contribution in [3.8, 4) is 0 Å². The lowest BCUT2D eigenvalue weighted by molar-refractivity contribution is -0.126. The molecule has 1 atom stereocenters. The summed E-state index contributed by atoms with van der Waals surface area (Å²) in [5.74, 6) is 0.348. The standard InChI is InChI=1S/C24H44N4O4/c1-23(2,3)32-22(30)28-13-8-24(9-14-28)16-20(31-18-24)17-27-11-6-19(7-12-27)21(29)25-10-15-26(4)5/h19-20H,6-18H2,1-5H3,(H,25,29). The van der Waals surface area contributed by atoms with Crippen molar-refractivity contribution in [3.63, 3.8) is 0 Å². The normalized spacial score (nSPS) is 24.8. The van der Waals surface area contributed by atoms with Gasteiger partial charge in [-0.1, -0.05) is 0 Å². The van der Waals surface area contributed by atoms with E-state index in [-0.39, 0.29) is 29.4 Å². The third kappa shape index (κ3) is 7.32. The zero-order chi connectivity index (χ0) is 23.4. The van der Waals surface area contributed by atoms with E-state index in [1.165, 1.54) is 0 Å². The second-order valence-electron chi connectivity index (χ2n) is 11.3. The first-order chi connectivity index (χ1) is 15.1. The molecule has 8 heteroatoms. The molecule has 1 spiro atoms. The molecule has 3 heterocycles. The topological polar surface area (TPSA) is 74.4 Å². The molecule has 0 bridgehead atoms. The van der Waals surface area contributed by atoms with Gasteiger partial charge in [0.1, 0.15) is 5.60 Å². The molecule has 1 N–H and O–H groups in total. The van der Waals surface area contributed by atoms with Crippen molar-refractivity contribution in [1.82, 2.24) is 20.0 Å². The van der Waals surface area contributed by atoms with Crippen LogP contribution in [0.4, 0.5) is 4.79 Å². The predicted molar refractivity (Wildman–Crippen MR) is 125 cm³/mol. The Labute approximate surface area is 193 Å². The second kappa shape index (κ2) is 10.7. The number of ether oxygens (including phenoxy) is 2. The molecule has 0 aromatic rings. The quantitative estimate of drug-likeness (QED) is 0.666. The fourth-order valence-corrected chi connectivity index (χ4v) is 5.06. The van der Waals surface area contributed by atoms with E-state index < -0.39 is 5.60 Å². The Morgan fingerprint density at radius 2 is 1.78 bits per heavy atom. The van der Waals surface area contributed by atoms with Gasteiger partial charge in [0.2, 0.25) is 5.91 Å². The maximum Gasteiger partial charge on any atom is 0.410 e. The van der Waals surface area contributed by atoms with E-state index in [9.17, 15) is 9.59 Å². The van der Waals surface area contributed by atoms with E-state index in [4.69, 9.17) is 9.47 Å². The molecule has 32 heavy (non-hydrogen) atoms. The molecule has 184 valence electrons. The molecule has 0 aromatic heterocycles. The molecular formula is C24H44N4O4. The van der Waals surface area contributed by atoms with Crippen LogP contribution in [0.15, 0.2) is 0 Å². The number of likely N-dealkylation sites (tertiary alicyclic amines) is 2. The summed E-state index contributed by atoms with van der Waals surface area (Å²) >= 11 is 0. The van der Waals surface area contributed by atoms with E-state index in [1.54, 1.807) is 0 Å². The Morgan fingerprint density at radius 1 is 1.12 bits per heavy atom. The lowest BCUT2D eigenvalue weighted by Crippen LogP contribution is -2.46. The Balaban J connectivity index is 1.36. The van der Waals surface area contributed by atoms with Gasteiger partial charge in [-0.2, -0.15) is 0 Å². The van der Waals surface area contributed by atoms with Gasteiger partial charge in [0, 0.05) is 38.6 Å². The third-order valence-electron chi connectivity index (χ3n) is 7.04. The average Bonchev–Trinajstić information content (AvgIpc) is 3.09. The van der Waals surface area contributed by atoms with Crippen molar-refractivity contribution in [1.29, 1.82) is 0 Å². The van der Waals surface area contributed by atoms with Crippen LogP contribution in [0.1, 0.15) is 52.9 Å². The van der Waals surface area contributed by atoms with E-state index in [0.717, 1.165) is 84.5 Å². The first-order valence-corrected chi connectivity index (χ1v) is 12.3. The molecule has 3 fully saturated rings. The van der Waals surface area contributed by atoms with Crippen LogP contribution >= 0.6 is 0 Å². The molecule has 3 aliphatic rings. The van der Waals surface area contributed by atoms with Crippen LogP contribution in [0.3, 0.4) is 0 Å². The summed E-state index contributed by atoms with van der Waals surface area (Å²) in [5.41, 5.74) is -0.248. The molecule has 0 aliphatic carbocycles. The fourth-order valence-electron chi connectivity index (χ4n) is 5.06. The highest BCUT2D eigenvalue weighted by molar-refractivity contribution is 5.78. The van der Waals surface area contributed by atoms with Crippen molar-refractivity contribution in [2.45, 2.75) is 64.6 Å². The van der Waals surface area contributed by atoms with E-state index in [0.29, 0.717) is 0 Å². The summed E-state index contributed by atoms with van der Waals surface area (Å²) in [5, 5.41) is 3.07. The number of nitrogens with one attached hydrogen (secondary N) is 1. The fraction of sp³-hybridized carbons (Fsp3) is 0.917. The summed E-state index contributed by atoms with van der Waals surface area (Å²) in [4.78, 5) is 31.1. The summed E-state index contributed by atoms with van der Waals surface area (Å²) < 4.78 is 11.7. The summed E-state index contributed by atoms with van der Waals surface area (Å²) in [6.45, 7) is 12.5. The Hall–Kier alpha value is -1.38. The molecule has 0 saturated carbocycles. The lowest BCUT2D eigenvalue weighted by Gasteiger charge is -2.39. The van der Waals surface area contributed by atoms with E-state index in [2.05, 4.69) is 15.1 Å². The molecule has 8 nitrogen and oxygen atoms in total. The number of likely N-dealkylation sites (N-methyl/N-ethyl adjacent to an activating group) is 1. The van der Waals surface area contributed by atoms with Gasteiger partial charge in [0.05, 0.1) is 12.7 Å². The number of hydrogen-bond acceptors (Lipinski definition) is 6. The minimum absolute atomic E-state index is 0.140. The van der Waals surface area contributed by atoms with Crippen LogP contribution in [0, 0.1) is 11.3 Å². The lowest BCUT2D eigenvalue weighted by atomic mass is 9.76. The van der Waals surface area contributed by atoms with Crippen molar-refractivity contribution in [2.75, 3.05) is 66.5 Å². The van der Waals surface area contributed by atoms with Gasteiger partial charge in [-0.25, -0.2) is 4.79 Å². The second-order valence-corrected chi connectivity index (χ2v) is 11.3. The molecule has 3 saturated heterocycles. The maximum atomic E-state index is 12.4. The van der Waals surface area contributed by atoms with Gasteiger partial charge < -0.3 is 29.5 Å². The number of rotatable bonds is 6. The third-order valence-corrected chi connectivity index (χ3v) is 7.04. The van der Waals surface area contributed by atoms with Gasteiger partial charge in [-0.15, -0.1) is 0 Å². The van der Waals surface area contributed by atoms with Gasteiger partial charge in [0.25, 0.3) is 0 Å². The minimum atomic E-state index is -0.450. The number of carbonyl (C=O) groups is 2. The highest BCUT2D eigenvalue weighted by Crippen LogP contribution is 2.42. The van der Waals surface area contributed by atoms with Crippen LogP contribution in [0.5, 0.6) is 0 Å². The first kappa shape index (κ1) is 25.2. The van der Waals surface area contributed by atoms with Crippen LogP contribution in [-0.2, 0) is 14.3 Å². The molecule has 0 radical (unpaired) electrons. The van der Waals surface area contributed by atoms with Crippen LogP contribution in [0.2, 0.25) is 0 Å². The molecule has 3 rings (SSSR count). The molecule has 2 amide bonds. The number of piperidine rings is 2. The highest BCUT2D eigenvalue weighted by Gasteiger charge is 2.44. The zero-order valence-corrected chi connectivity index (χ0v) is 20.8. The Morgan fingerprint density at radius 3 is 2.38 bits per heavy atom. The van der Waals surface area contributed by atoms with Crippen LogP contribution in [0.25, 0.3) is 0 Å². The van der Waals surface area contributed by atoms with Crippen LogP contribution in [-0.4, -0.2) is 105 Å². The molecule has 0 aromatic carbocycles. The maximum absolute atomic E-state index is 12.4. The highest BCUT2D eigenvalue weighted by atomic mass is 16.6. The molecule has 3 aliphatic heterocycles. The summed E-state index contributed by atoms with van der Waals surface area (Å²) in [6.07, 6.45) is 4.95. The van der Waals surface area contributed by atoms with Crippen molar-refractivity contribution >= 4 is 12.0 Å². The minimum Gasteiger partial charge on any atom is -0.444 e. The SMILES string of the molecule is CN(C)CCNC(=O)C1CCN(CC2CC3(CCN(C(=O)OC(C)(C)C)CC3)CO2)CC1. The molecule has 1 unspecified atom stereocenters. The summed E-state index contributed by atoms with van der Waals surface area (Å²) in [6, 6.07) is 0. The first-order valence-electron chi connectivity index (χ1n) is 12.3. The molecular weight excluding hydrogens is 408 g/mol. The average molecular weight is 453 g/mol. The number of amides is 2. The van der Waals surface area contributed by atoms with Gasteiger partial charge >= 0.3 is 6.09 Å². The summed E-state index contributed by atoms with van der Waals surface area (Å²) in [7, 11) is 4.04. The van der Waals surface area contributed by atoms with Crippen molar-refractivity contribution in [2.24, 2.45) is 11.3 Å². The Kier molecular flexibility index (Phi) is 8.44. The van der Waals surface area contributed by atoms with E-state index >= 15 is 0 Å².